The quantitative estimate of drug-likeness (QED) is 0.783. The maximum Gasteiger partial charge on any atom is 0.247 e. The van der Waals surface area contributed by atoms with Gasteiger partial charge in [0.1, 0.15) is 6.04 Å². The van der Waals surface area contributed by atoms with Gasteiger partial charge in [-0.25, -0.2) is 0 Å². The second-order valence-electron chi connectivity index (χ2n) is 4.21. The summed E-state index contributed by atoms with van der Waals surface area (Å²) in [6, 6.07) is 3.45. The minimum atomic E-state index is -0.431. The third-order valence-corrected chi connectivity index (χ3v) is 3.85. The molecule has 1 aliphatic heterocycles. The number of likely N-dealkylation sites (N-methyl/N-ethyl adjacent to an activating group) is 1. The zero-order valence-corrected chi connectivity index (χ0v) is 11.6. The normalized spacial score (nSPS) is 19.6. The van der Waals surface area contributed by atoms with Crippen LogP contribution < -0.4 is 10.6 Å². The average Bonchev–Trinajstić information content (AvgIpc) is 2.97. The molecule has 2 rings (SSSR count). The van der Waals surface area contributed by atoms with E-state index in [2.05, 4.69) is 10.6 Å². The van der Waals surface area contributed by atoms with E-state index < -0.39 is 6.04 Å². The van der Waals surface area contributed by atoms with Gasteiger partial charge in [0.05, 0.1) is 0 Å². The molecular formula is C13H17N3O2S. The topological polar surface area (TPSA) is 61.4 Å². The largest absolute Gasteiger partial charge is 0.357 e. The monoisotopic (exact) mass is 279 g/mol. The number of thiophene rings is 1. The highest BCUT2D eigenvalue weighted by Gasteiger charge is 2.30. The van der Waals surface area contributed by atoms with Crippen molar-refractivity contribution in [1.82, 2.24) is 15.5 Å². The van der Waals surface area contributed by atoms with E-state index >= 15 is 0 Å². The van der Waals surface area contributed by atoms with Crippen LogP contribution in [0.25, 0.3) is 6.08 Å². The second kappa shape index (κ2) is 6.49. The van der Waals surface area contributed by atoms with Crippen LogP contribution in [0.1, 0.15) is 4.88 Å². The Morgan fingerprint density at radius 2 is 2.42 bits per heavy atom. The summed E-state index contributed by atoms with van der Waals surface area (Å²) in [5.74, 6) is -0.256. The predicted octanol–water partition coefficient (Wildman–Crippen LogP) is 0.308. The Morgan fingerprint density at radius 1 is 1.58 bits per heavy atom. The summed E-state index contributed by atoms with van der Waals surface area (Å²) < 4.78 is 0. The second-order valence-corrected chi connectivity index (χ2v) is 5.19. The molecule has 0 spiro atoms. The van der Waals surface area contributed by atoms with Crippen LogP contribution in [0.3, 0.4) is 0 Å². The molecule has 0 bridgehead atoms. The summed E-state index contributed by atoms with van der Waals surface area (Å²) in [6.07, 6.45) is 3.32. The Labute approximate surface area is 116 Å². The van der Waals surface area contributed by atoms with Gasteiger partial charge in [0.15, 0.2) is 0 Å². The molecular weight excluding hydrogens is 262 g/mol. The molecule has 0 aliphatic carbocycles. The summed E-state index contributed by atoms with van der Waals surface area (Å²) in [7, 11) is 1.58. The van der Waals surface area contributed by atoms with Gasteiger partial charge in [-0.15, -0.1) is 11.3 Å². The SMILES string of the molecule is CNC(=O)C1CNCCN1C(=O)C=Cc1cccs1. The molecule has 2 N–H and O–H groups in total. The number of hydrogen-bond acceptors (Lipinski definition) is 4. The minimum Gasteiger partial charge on any atom is -0.357 e. The Morgan fingerprint density at radius 3 is 3.11 bits per heavy atom. The Balaban J connectivity index is 2.05. The first-order valence-electron chi connectivity index (χ1n) is 6.17. The van der Waals surface area contributed by atoms with Crippen molar-refractivity contribution < 1.29 is 9.59 Å². The number of carbonyl (C=O) groups is 2. The highest BCUT2D eigenvalue weighted by molar-refractivity contribution is 7.10. The van der Waals surface area contributed by atoms with Gasteiger partial charge in [-0.05, 0) is 17.5 Å². The van der Waals surface area contributed by atoms with E-state index in [4.69, 9.17) is 0 Å². The maximum atomic E-state index is 12.2. The van der Waals surface area contributed by atoms with Gasteiger partial charge in [-0.3, -0.25) is 9.59 Å². The molecule has 1 atom stereocenters. The van der Waals surface area contributed by atoms with Crippen molar-refractivity contribution in [1.29, 1.82) is 0 Å². The molecule has 0 saturated carbocycles. The smallest absolute Gasteiger partial charge is 0.247 e. The van der Waals surface area contributed by atoms with E-state index in [1.54, 1.807) is 29.4 Å². The lowest BCUT2D eigenvalue weighted by atomic mass is 10.1. The Kier molecular flexibility index (Phi) is 4.70. The molecule has 19 heavy (non-hydrogen) atoms. The van der Waals surface area contributed by atoms with Crippen LogP contribution in [0, 0.1) is 0 Å². The fraction of sp³-hybridized carbons (Fsp3) is 0.385. The third kappa shape index (κ3) is 3.42. The number of piperazine rings is 1. The van der Waals surface area contributed by atoms with E-state index in [0.717, 1.165) is 4.88 Å². The van der Waals surface area contributed by atoms with Crippen LogP contribution in [-0.2, 0) is 9.59 Å². The van der Waals surface area contributed by atoms with Crippen LogP contribution in [0.5, 0.6) is 0 Å². The predicted molar refractivity (Wildman–Crippen MR) is 75.8 cm³/mol. The Bertz CT molecular complexity index is 470. The van der Waals surface area contributed by atoms with Gasteiger partial charge < -0.3 is 15.5 Å². The molecule has 1 aliphatic rings. The van der Waals surface area contributed by atoms with Crippen molar-refractivity contribution in [3.05, 3.63) is 28.5 Å². The Hall–Kier alpha value is -1.66. The lowest BCUT2D eigenvalue weighted by Gasteiger charge is -2.34. The number of nitrogens with zero attached hydrogens (tertiary/aromatic N) is 1. The summed E-state index contributed by atoms with van der Waals surface area (Å²) >= 11 is 1.57. The fourth-order valence-corrected chi connectivity index (χ4v) is 2.62. The summed E-state index contributed by atoms with van der Waals surface area (Å²) in [4.78, 5) is 26.5. The number of nitrogens with one attached hydrogen (secondary N) is 2. The highest BCUT2D eigenvalue weighted by atomic mass is 32.1. The minimum absolute atomic E-state index is 0.122. The van der Waals surface area contributed by atoms with E-state index in [1.165, 1.54) is 6.08 Å². The first-order chi connectivity index (χ1) is 9.22. The molecule has 1 aromatic heterocycles. The molecule has 6 heteroatoms. The molecule has 2 amide bonds. The van der Waals surface area contributed by atoms with Crippen molar-refractivity contribution in [3.8, 4) is 0 Å². The number of hydrogen-bond donors (Lipinski definition) is 2. The molecule has 0 aromatic carbocycles. The van der Waals surface area contributed by atoms with Gasteiger partial charge in [-0.1, -0.05) is 6.07 Å². The van der Waals surface area contributed by atoms with Gasteiger partial charge in [0.2, 0.25) is 11.8 Å². The first kappa shape index (κ1) is 13.8. The molecule has 5 nitrogen and oxygen atoms in total. The molecule has 1 unspecified atom stereocenters. The summed E-state index contributed by atoms with van der Waals surface area (Å²) in [6.45, 7) is 1.76. The van der Waals surface area contributed by atoms with Crippen molar-refractivity contribution in [2.24, 2.45) is 0 Å². The molecule has 1 aromatic rings. The zero-order chi connectivity index (χ0) is 13.7. The van der Waals surface area contributed by atoms with Crippen molar-refractivity contribution in [3.63, 3.8) is 0 Å². The number of carbonyl (C=O) groups excluding carboxylic acids is 2. The van der Waals surface area contributed by atoms with Crippen molar-refractivity contribution >= 4 is 29.2 Å². The molecule has 0 radical (unpaired) electrons. The van der Waals surface area contributed by atoms with Crippen LogP contribution in [-0.4, -0.2) is 49.4 Å². The van der Waals surface area contributed by atoms with Crippen LogP contribution in [0.2, 0.25) is 0 Å². The van der Waals surface area contributed by atoms with Crippen LogP contribution in [0.4, 0.5) is 0 Å². The summed E-state index contributed by atoms with van der Waals surface area (Å²) in [5.41, 5.74) is 0. The molecule has 2 heterocycles. The third-order valence-electron chi connectivity index (χ3n) is 3.01. The van der Waals surface area contributed by atoms with E-state index in [1.807, 2.05) is 17.5 Å². The molecule has 102 valence electrons. The van der Waals surface area contributed by atoms with Gasteiger partial charge in [-0.2, -0.15) is 0 Å². The molecule has 1 fully saturated rings. The standard InChI is InChI=1S/C13H17N3O2S/c1-14-13(18)11-9-15-6-7-16(11)12(17)5-4-10-3-2-8-19-10/h2-5,8,11,15H,6-7,9H2,1H3,(H,14,18). The van der Waals surface area contributed by atoms with Crippen molar-refractivity contribution in [2.75, 3.05) is 26.7 Å². The van der Waals surface area contributed by atoms with Crippen LogP contribution >= 0.6 is 11.3 Å². The molecule has 1 saturated heterocycles. The zero-order valence-electron chi connectivity index (χ0n) is 10.8. The lowest BCUT2D eigenvalue weighted by Crippen LogP contribution is -2.58. The fourth-order valence-electron chi connectivity index (χ4n) is 2.00. The van der Waals surface area contributed by atoms with Gasteiger partial charge >= 0.3 is 0 Å². The van der Waals surface area contributed by atoms with Crippen LogP contribution in [0.15, 0.2) is 23.6 Å². The number of amides is 2. The van der Waals surface area contributed by atoms with E-state index in [0.29, 0.717) is 19.6 Å². The maximum absolute atomic E-state index is 12.2. The highest BCUT2D eigenvalue weighted by Crippen LogP contribution is 2.11. The van der Waals surface area contributed by atoms with Crippen molar-refractivity contribution in [2.45, 2.75) is 6.04 Å². The number of rotatable bonds is 3. The van der Waals surface area contributed by atoms with E-state index in [-0.39, 0.29) is 11.8 Å². The average molecular weight is 279 g/mol. The lowest BCUT2D eigenvalue weighted by molar-refractivity contribution is -0.137. The first-order valence-corrected chi connectivity index (χ1v) is 7.05. The summed E-state index contributed by atoms with van der Waals surface area (Å²) in [5, 5.41) is 7.68. The van der Waals surface area contributed by atoms with Gasteiger partial charge in [0, 0.05) is 37.6 Å². The van der Waals surface area contributed by atoms with E-state index in [9.17, 15) is 9.59 Å². The van der Waals surface area contributed by atoms with Gasteiger partial charge in [0.25, 0.3) is 0 Å².